The van der Waals surface area contributed by atoms with Crippen molar-refractivity contribution in [2.24, 2.45) is 0 Å². The van der Waals surface area contributed by atoms with Crippen molar-refractivity contribution in [2.75, 3.05) is 37.8 Å². The molecule has 1 aliphatic rings. The summed E-state index contributed by atoms with van der Waals surface area (Å²) in [5, 5.41) is 4.33. The first kappa shape index (κ1) is 16.6. The van der Waals surface area contributed by atoms with E-state index in [1.54, 1.807) is 17.7 Å². The van der Waals surface area contributed by atoms with Crippen LogP contribution in [0, 0.1) is 13.8 Å². The quantitative estimate of drug-likeness (QED) is 0.891. The van der Waals surface area contributed by atoms with Crippen LogP contribution in [-0.2, 0) is 14.8 Å². The number of hydrogen-bond donors (Lipinski definition) is 1. The first-order chi connectivity index (χ1) is 10.9. The Kier molecular flexibility index (Phi) is 4.54. The zero-order chi connectivity index (χ0) is 16.6. The van der Waals surface area contributed by atoms with E-state index >= 15 is 0 Å². The Morgan fingerprint density at radius 2 is 2.22 bits per heavy atom. The molecule has 0 amide bonds. The van der Waals surface area contributed by atoms with Gasteiger partial charge in [0.1, 0.15) is 17.0 Å². The Morgan fingerprint density at radius 1 is 1.43 bits per heavy atom. The van der Waals surface area contributed by atoms with Crippen molar-refractivity contribution in [3.63, 3.8) is 0 Å². The fourth-order valence-corrected chi connectivity index (χ4v) is 4.48. The van der Waals surface area contributed by atoms with Gasteiger partial charge in [-0.15, -0.1) is 11.3 Å². The van der Waals surface area contributed by atoms with E-state index in [9.17, 15) is 8.42 Å². The van der Waals surface area contributed by atoms with Gasteiger partial charge < -0.3 is 10.1 Å². The van der Waals surface area contributed by atoms with Crippen molar-refractivity contribution in [1.29, 1.82) is 0 Å². The Balaban J connectivity index is 1.74. The van der Waals surface area contributed by atoms with Crippen LogP contribution < -0.4 is 5.32 Å². The second-order valence-corrected chi connectivity index (χ2v) is 8.87. The number of fused-ring (bicyclic) bond motifs is 1. The summed E-state index contributed by atoms with van der Waals surface area (Å²) in [5.41, 5.74) is 1.18. The Hall–Kier alpha value is -1.29. The number of nitrogens with zero attached hydrogens (tertiary/aromatic N) is 3. The lowest BCUT2D eigenvalue weighted by molar-refractivity contribution is 0.00702. The molecule has 0 aromatic carbocycles. The van der Waals surface area contributed by atoms with Crippen molar-refractivity contribution in [1.82, 2.24) is 14.3 Å². The predicted octanol–water partition coefficient (Wildman–Crippen LogP) is 1.38. The van der Waals surface area contributed by atoms with E-state index in [1.165, 1.54) is 21.0 Å². The van der Waals surface area contributed by atoms with Crippen LogP contribution in [0.25, 0.3) is 10.2 Å². The van der Waals surface area contributed by atoms with Gasteiger partial charge in [0.25, 0.3) is 0 Å². The van der Waals surface area contributed by atoms with Gasteiger partial charge in [-0.3, -0.25) is 0 Å². The van der Waals surface area contributed by atoms with Gasteiger partial charge in [-0.05, 0) is 19.4 Å². The summed E-state index contributed by atoms with van der Waals surface area (Å²) in [4.78, 5) is 10.8. The van der Waals surface area contributed by atoms with Crippen molar-refractivity contribution >= 4 is 37.4 Å². The average Bonchev–Trinajstić information content (AvgIpc) is 2.80. The molecule has 23 heavy (non-hydrogen) atoms. The van der Waals surface area contributed by atoms with Crippen molar-refractivity contribution in [3.05, 3.63) is 16.8 Å². The number of thiophene rings is 1. The molecule has 2 aromatic rings. The zero-order valence-electron chi connectivity index (χ0n) is 13.4. The second kappa shape index (κ2) is 6.31. The molecule has 1 unspecified atom stereocenters. The third-order valence-corrected chi connectivity index (χ3v) is 6.42. The van der Waals surface area contributed by atoms with E-state index in [-0.39, 0.29) is 6.10 Å². The number of hydrogen-bond acceptors (Lipinski definition) is 7. The molecule has 2 aromatic heterocycles. The van der Waals surface area contributed by atoms with E-state index in [1.807, 2.05) is 0 Å². The molecule has 1 aliphatic heterocycles. The van der Waals surface area contributed by atoms with Crippen LogP contribution >= 0.6 is 11.3 Å². The number of morpholine rings is 1. The Morgan fingerprint density at radius 3 is 2.96 bits per heavy atom. The average molecular weight is 356 g/mol. The standard InChI is InChI=1S/C14H20N4O3S2/c1-9-10(2)22-14-12(9)13(16-8-17-14)15-6-11-7-18(4-5-21-11)23(3,19)20/h8,11H,4-7H2,1-3H3,(H,15,16,17). The molecule has 0 aliphatic carbocycles. The van der Waals surface area contributed by atoms with Gasteiger partial charge in [0.05, 0.1) is 24.4 Å². The highest BCUT2D eigenvalue weighted by Gasteiger charge is 2.26. The van der Waals surface area contributed by atoms with E-state index < -0.39 is 10.0 Å². The van der Waals surface area contributed by atoms with E-state index in [2.05, 4.69) is 29.1 Å². The van der Waals surface area contributed by atoms with E-state index in [0.717, 1.165) is 16.0 Å². The summed E-state index contributed by atoms with van der Waals surface area (Å²) in [6.07, 6.45) is 2.59. The number of aromatic nitrogens is 2. The molecule has 0 spiro atoms. The summed E-state index contributed by atoms with van der Waals surface area (Å²) in [6, 6.07) is 0. The van der Waals surface area contributed by atoms with Crippen molar-refractivity contribution in [2.45, 2.75) is 20.0 Å². The topological polar surface area (TPSA) is 84.4 Å². The van der Waals surface area contributed by atoms with Gasteiger partial charge in [0, 0.05) is 24.5 Å². The summed E-state index contributed by atoms with van der Waals surface area (Å²) in [6.45, 7) is 5.82. The fraction of sp³-hybridized carbons (Fsp3) is 0.571. The molecule has 7 nitrogen and oxygen atoms in total. The molecule has 1 saturated heterocycles. The second-order valence-electron chi connectivity index (χ2n) is 5.68. The van der Waals surface area contributed by atoms with E-state index in [0.29, 0.717) is 26.2 Å². The molecule has 126 valence electrons. The lowest BCUT2D eigenvalue weighted by Gasteiger charge is -2.31. The number of aryl methyl sites for hydroxylation is 2. The number of nitrogens with one attached hydrogen (secondary N) is 1. The first-order valence-corrected chi connectivity index (χ1v) is 10.0. The number of sulfonamides is 1. The predicted molar refractivity (Wildman–Crippen MR) is 91.5 cm³/mol. The number of rotatable bonds is 4. The maximum atomic E-state index is 11.7. The van der Waals surface area contributed by atoms with Crippen LogP contribution in [-0.4, -0.2) is 61.3 Å². The van der Waals surface area contributed by atoms with Gasteiger partial charge in [-0.1, -0.05) is 0 Å². The Bertz CT molecular complexity index is 819. The largest absolute Gasteiger partial charge is 0.374 e. The summed E-state index contributed by atoms with van der Waals surface area (Å²) in [5.74, 6) is 0.775. The summed E-state index contributed by atoms with van der Waals surface area (Å²) in [7, 11) is -3.18. The monoisotopic (exact) mass is 356 g/mol. The molecule has 1 fully saturated rings. The van der Waals surface area contributed by atoms with Crippen LogP contribution in [0.5, 0.6) is 0 Å². The molecular formula is C14H20N4O3S2. The van der Waals surface area contributed by atoms with Crippen LogP contribution in [0.15, 0.2) is 6.33 Å². The molecule has 1 N–H and O–H groups in total. The zero-order valence-corrected chi connectivity index (χ0v) is 15.0. The summed E-state index contributed by atoms with van der Waals surface area (Å²) >= 11 is 1.65. The van der Waals surface area contributed by atoms with E-state index in [4.69, 9.17) is 4.74 Å². The lowest BCUT2D eigenvalue weighted by Crippen LogP contribution is -2.47. The highest BCUT2D eigenvalue weighted by Crippen LogP contribution is 2.32. The lowest BCUT2D eigenvalue weighted by atomic mass is 10.2. The van der Waals surface area contributed by atoms with Gasteiger partial charge in [-0.25, -0.2) is 18.4 Å². The molecule has 0 bridgehead atoms. The van der Waals surface area contributed by atoms with Crippen LogP contribution in [0.4, 0.5) is 5.82 Å². The van der Waals surface area contributed by atoms with Gasteiger partial charge in [-0.2, -0.15) is 4.31 Å². The normalized spacial score (nSPS) is 20.0. The van der Waals surface area contributed by atoms with Crippen LogP contribution in [0.3, 0.4) is 0 Å². The Labute approximate surface area is 139 Å². The third kappa shape index (κ3) is 3.47. The van der Waals surface area contributed by atoms with Crippen LogP contribution in [0.2, 0.25) is 0 Å². The number of ether oxygens (including phenoxy) is 1. The summed E-state index contributed by atoms with van der Waals surface area (Å²) < 4.78 is 30.4. The maximum Gasteiger partial charge on any atom is 0.211 e. The van der Waals surface area contributed by atoms with Crippen molar-refractivity contribution in [3.8, 4) is 0 Å². The van der Waals surface area contributed by atoms with Crippen LogP contribution in [0.1, 0.15) is 10.4 Å². The molecule has 0 saturated carbocycles. The maximum absolute atomic E-state index is 11.7. The number of anilines is 1. The van der Waals surface area contributed by atoms with Gasteiger partial charge in [0.15, 0.2) is 0 Å². The molecule has 3 rings (SSSR count). The highest BCUT2D eigenvalue weighted by molar-refractivity contribution is 7.88. The molecule has 3 heterocycles. The third-order valence-electron chi connectivity index (χ3n) is 4.03. The minimum atomic E-state index is -3.18. The minimum Gasteiger partial charge on any atom is -0.374 e. The SMILES string of the molecule is Cc1sc2ncnc(NCC3CN(S(C)(=O)=O)CCO3)c2c1C. The fourth-order valence-electron chi connectivity index (χ4n) is 2.64. The van der Waals surface area contributed by atoms with Gasteiger partial charge >= 0.3 is 0 Å². The minimum absolute atomic E-state index is 0.191. The van der Waals surface area contributed by atoms with Crippen molar-refractivity contribution < 1.29 is 13.2 Å². The molecule has 9 heteroatoms. The molecule has 0 radical (unpaired) electrons. The first-order valence-electron chi connectivity index (χ1n) is 7.37. The smallest absolute Gasteiger partial charge is 0.211 e. The molecule has 1 atom stereocenters. The van der Waals surface area contributed by atoms with Gasteiger partial charge in [0.2, 0.25) is 10.0 Å². The highest BCUT2D eigenvalue weighted by atomic mass is 32.2. The molecular weight excluding hydrogens is 336 g/mol.